The monoisotopic (exact) mass is 348 g/mol. The second-order valence-corrected chi connectivity index (χ2v) is 7.40. The number of H-pyrrole nitrogens is 1. The van der Waals surface area contributed by atoms with Crippen LogP contribution in [0, 0.1) is 0 Å². The van der Waals surface area contributed by atoms with E-state index >= 15 is 0 Å². The van der Waals surface area contributed by atoms with Gasteiger partial charge in [0.2, 0.25) is 0 Å². The molecule has 0 bridgehead atoms. The van der Waals surface area contributed by atoms with E-state index in [0.717, 1.165) is 65.4 Å². The smallest absolute Gasteiger partial charge is 0.251 e. The third-order valence-electron chi connectivity index (χ3n) is 5.32. The summed E-state index contributed by atoms with van der Waals surface area (Å²) in [6.07, 6.45) is 3.71. The van der Waals surface area contributed by atoms with Gasteiger partial charge in [-0.05, 0) is 68.6 Å². The van der Waals surface area contributed by atoms with Crippen LogP contribution in [0.4, 0.5) is 0 Å². The highest BCUT2D eigenvalue weighted by Crippen LogP contribution is 2.39. The first-order valence-electron chi connectivity index (χ1n) is 9.18. The van der Waals surface area contributed by atoms with E-state index < -0.39 is 0 Å². The van der Waals surface area contributed by atoms with Crippen LogP contribution in [-0.2, 0) is 19.3 Å². The fraction of sp³-hybridized carbons (Fsp3) is 0.318. The van der Waals surface area contributed by atoms with Gasteiger partial charge >= 0.3 is 0 Å². The number of hydrogen-bond donors (Lipinski definition) is 2. The van der Waals surface area contributed by atoms with Crippen molar-refractivity contribution in [1.82, 2.24) is 9.88 Å². The number of hydrogen-bond acceptors (Lipinski definition) is 3. The van der Waals surface area contributed by atoms with Gasteiger partial charge in [0.25, 0.3) is 5.56 Å². The molecule has 134 valence electrons. The summed E-state index contributed by atoms with van der Waals surface area (Å²) in [5.74, 6) is 0.264. The molecule has 0 saturated heterocycles. The van der Waals surface area contributed by atoms with E-state index in [0.29, 0.717) is 0 Å². The first-order chi connectivity index (χ1) is 12.5. The molecule has 4 heteroatoms. The summed E-state index contributed by atoms with van der Waals surface area (Å²) in [7, 11) is 4.15. The van der Waals surface area contributed by atoms with Gasteiger partial charge < -0.3 is 15.0 Å². The van der Waals surface area contributed by atoms with Gasteiger partial charge in [-0.1, -0.05) is 24.3 Å². The molecule has 1 aliphatic rings. The normalized spacial score (nSPS) is 13.5. The molecule has 1 aromatic heterocycles. The van der Waals surface area contributed by atoms with Crippen LogP contribution in [0.25, 0.3) is 22.0 Å². The minimum absolute atomic E-state index is 0.0145. The SMILES string of the molecule is CN(C)CCc1ccc(-c2c(O)ccc3[nH]c(=O)c4c(c23)CCC4)cc1. The molecule has 26 heavy (non-hydrogen) atoms. The lowest BCUT2D eigenvalue weighted by atomic mass is 9.94. The van der Waals surface area contributed by atoms with E-state index in [9.17, 15) is 9.90 Å². The van der Waals surface area contributed by atoms with Gasteiger partial charge in [0.05, 0.1) is 0 Å². The van der Waals surface area contributed by atoms with Crippen molar-refractivity contribution < 1.29 is 5.11 Å². The summed E-state index contributed by atoms with van der Waals surface area (Å²) in [6.45, 7) is 1.01. The predicted octanol–water partition coefficient (Wildman–Crippen LogP) is 3.49. The number of aromatic nitrogens is 1. The first kappa shape index (κ1) is 16.9. The Morgan fingerprint density at radius 3 is 2.50 bits per heavy atom. The number of pyridine rings is 1. The number of nitrogens with one attached hydrogen (secondary N) is 1. The van der Waals surface area contributed by atoms with Crippen LogP contribution in [0.1, 0.15) is 23.1 Å². The van der Waals surface area contributed by atoms with E-state index in [-0.39, 0.29) is 11.3 Å². The first-order valence-corrected chi connectivity index (χ1v) is 9.18. The number of fused-ring (bicyclic) bond motifs is 3. The Balaban J connectivity index is 1.85. The van der Waals surface area contributed by atoms with Crippen molar-refractivity contribution in [1.29, 1.82) is 0 Å². The number of benzene rings is 2. The summed E-state index contributed by atoms with van der Waals surface area (Å²) >= 11 is 0. The second kappa shape index (κ2) is 6.61. The maximum atomic E-state index is 12.3. The van der Waals surface area contributed by atoms with Crippen LogP contribution in [0.15, 0.2) is 41.2 Å². The number of rotatable bonds is 4. The number of aryl methyl sites for hydroxylation is 1. The molecule has 4 nitrogen and oxygen atoms in total. The molecule has 0 fully saturated rings. The van der Waals surface area contributed by atoms with Crippen LogP contribution < -0.4 is 5.56 Å². The minimum atomic E-state index is 0.0145. The Labute approximate surface area is 153 Å². The molecule has 0 unspecified atom stereocenters. The quantitative estimate of drug-likeness (QED) is 0.759. The molecule has 0 amide bonds. The lowest BCUT2D eigenvalue weighted by molar-refractivity contribution is 0.413. The molecule has 1 heterocycles. The van der Waals surface area contributed by atoms with Crippen molar-refractivity contribution in [3.8, 4) is 16.9 Å². The molecular weight excluding hydrogens is 324 g/mol. The highest BCUT2D eigenvalue weighted by Gasteiger charge is 2.22. The van der Waals surface area contributed by atoms with Crippen molar-refractivity contribution in [3.05, 3.63) is 63.4 Å². The topological polar surface area (TPSA) is 56.3 Å². The molecule has 0 saturated carbocycles. The highest BCUT2D eigenvalue weighted by atomic mass is 16.3. The van der Waals surface area contributed by atoms with Crippen molar-refractivity contribution in [2.45, 2.75) is 25.7 Å². The fourth-order valence-electron chi connectivity index (χ4n) is 3.96. The average Bonchev–Trinajstić information content (AvgIpc) is 3.12. The van der Waals surface area contributed by atoms with E-state index in [1.165, 1.54) is 5.56 Å². The van der Waals surface area contributed by atoms with Crippen LogP contribution in [0.3, 0.4) is 0 Å². The third-order valence-corrected chi connectivity index (χ3v) is 5.32. The highest BCUT2D eigenvalue weighted by molar-refractivity contribution is 6.00. The van der Waals surface area contributed by atoms with Crippen molar-refractivity contribution >= 4 is 10.9 Å². The summed E-state index contributed by atoms with van der Waals surface area (Å²) in [6, 6.07) is 11.9. The number of phenols is 1. The number of aromatic amines is 1. The third kappa shape index (κ3) is 2.90. The van der Waals surface area contributed by atoms with Gasteiger partial charge in [0, 0.05) is 28.6 Å². The van der Waals surface area contributed by atoms with Gasteiger partial charge in [0.15, 0.2) is 0 Å². The van der Waals surface area contributed by atoms with Crippen molar-refractivity contribution in [2.75, 3.05) is 20.6 Å². The zero-order valence-electron chi connectivity index (χ0n) is 15.3. The number of phenolic OH excluding ortho intramolecular Hbond substituents is 1. The summed E-state index contributed by atoms with van der Waals surface area (Å²) < 4.78 is 0. The van der Waals surface area contributed by atoms with Gasteiger partial charge in [-0.15, -0.1) is 0 Å². The number of nitrogens with zero attached hydrogens (tertiary/aromatic N) is 1. The molecule has 0 spiro atoms. The molecule has 0 atom stereocenters. The van der Waals surface area contributed by atoms with Crippen LogP contribution in [0.2, 0.25) is 0 Å². The molecule has 2 aromatic carbocycles. The van der Waals surface area contributed by atoms with Crippen LogP contribution >= 0.6 is 0 Å². The lowest BCUT2D eigenvalue weighted by Gasteiger charge is -2.14. The van der Waals surface area contributed by atoms with E-state index in [1.54, 1.807) is 12.1 Å². The summed E-state index contributed by atoms with van der Waals surface area (Å²) in [4.78, 5) is 17.5. The fourth-order valence-corrected chi connectivity index (χ4v) is 3.96. The Morgan fingerprint density at radius 2 is 1.77 bits per heavy atom. The molecule has 0 aliphatic heterocycles. The Morgan fingerprint density at radius 1 is 1.04 bits per heavy atom. The zero-order chi connectivity index (χ0) is 18.3. The van der Waals surface area contributed by atoms with Gasteiger partial charge in [-0.2, -0.15) is 0 Å². The van der Waals surface area contributed by atoms with Gasteiger partial charge in [-0.3, -0.25) is 4.79 Å². The largest absolute Gasteiger partial charge is 0.507 e. The Bertz CT molecular complexity index is 1020. The Hall–Kier alpha value is -2.59. The summed E-state index contributed by atoms with van der Waals surface area (Å²) in [5, 5.41) is 11.6. The Kier molecular flexibility index (Phi) is 4.29. The average molecular weight is 348 g/mol. The van der Waals surface area contributed by atoms with Crippen molar-refractivity contribution in [3.63, 3.8) is 0 Å². The molecule has 1 aliphatic carbocycles. The van der Waals surface area contributed by atoms with Gasteiger partial charge in [0.1, 0.15) is 5.75 Å². The molecule has 2 N–H and O–H groups in total. The number of aromatic hydroxyl groups is 1. The lowest BCUT2D eigenvalue weighted by Crippen LogP contribution is -2.14. The molecule has 4 rings (SSSR count). The van der Waals surface area contributed by atoms with Crippen LogP contribution in [0.5, 0.6) is 5.75 Å². The van der Waals surface area contributed by atoms with Crippen molar-refractivity contribution in [2.24, 2.45) is 0 Å². The number of likely N-dealkylation sites (N-methyl/N-ethyl adjacent to an activating group) is 1. The zero-order valence-corrected chi connectivity index (χ0v) is 15.3. The summed E-state index contributed by atoms with van der Waals surface area (Å²) in [5.41, 5.74) is 5.90. The minimum Gasteiger partial charge on any atom is -0.507 e. The molecular formula is C22H24N2O2. The predicted molar refractivity (Wildman–Crippen MR) is 106 cm³/mol. The van der Waals surface area contributed by atoms with Gasteiger partial charge in [-0.25, -0.2) is 0 Å². The maximum Gasteiger partial charge on any atom is 0.251 e. The van der Waals surface area contributed by atoms with Crippen LogP contribution in [-0.4, -0.2) is 35.6 Å². The van der Waals surface area contributed by atoms with E-state index in [2.05, 4.69) is 48.2 Å². The molecule has 0 radical (unpaired) electrons. The maximum absolute atomic E-state index is 12.3. The second-order valence-electron chi connectivity index (χ2n) is 7.40. The van der Waals surface area contributed by atoms with E-state index in [4.69, 9.17) is 0 Å². The standard InChI is InChI=1S/C22H24N2O2/c1-24(2)13-12-14-6-8-15(9-7-14)20-19(25)11-10-18-21(20)16-4-3-5-17(16)22(26)23-18/h6-11,25H,3-5,12-13H2,1-2H3,(H,23,26). The molecule has 3 aromatic rings. The van der Waals surface area contributed by atoms with E-state index in [1.807, 2.05) is 0 Å².